The van der Waals surface area contributed by atoms with Gasteiger partial charge in [0.2, 0.25) is 0 Å². The first-order valence-electron chi connectivity index (χ1n) is 5.80. The highest BCUT2D eigenvalue weighted by Gasteiger charge is 2.43. The molecule has 17 heavy (non-hydrogen) atoms. The van der Waals surface area contributed by atoms with Gasteiger partial charge in [0.25, 0.3) is 0 Å². The summed E-state index contributed by atoms with van der Waals surface area (Å²) < 4.78 is 13.2. The summed E-state index contributed by atoms with van der Waals surface area (Å²) in [7, 11) is 0. The normalized spacial score (nSPS) is 19.4. The summed E-state index contributed by atoms with van der Waals surface area (Å²) in [6.45, 7) is 5.85. The van der Waals surface area contributed by atoms with Gasteiger partial charge in [-0.2, -0.15) is 0 Å². The third-order valence-electron chi connectivity index (χ3n) is 3.50. The molecule has 0 atom stereocenters. The van der Waals surface area contributed by atoms with Gasteiger partial charge < -0.3 is 5.11 Å². The second-order valence-electron chi connectivity index (χ2n) is 5.12. The molecule has 2 rings (SSSR count). The number of rotatable bonds is 3. The Balaban J connectivity index is 1.99. The van der Waals surface area contributed by atoms with E-state index in [9.17, 15) is 9.50 Å². The van der Waals surface area contributed by atoms with E-state index in [1.807, 2.05) is 19.9 Å². The van der Waals surface area contributed by atoms with E-state index in [-0.39, 0.29) is 16.8 Å². The number of halogens is 2. The largest absolute Gasteiger partial charge is 0.387 e. The maximum Gasteiger partial charge on any atom is 0.142 e. The zero-order valence-corrected chi connectivity index (χ0v) is 10.8. The summed E-state index contributed by atoms with van der Waals surface area (Å²) in [5, 5.41) is 10.3. The van der Waals surface area contributed by atoms with E-state index in [1.165, 1.54) is 6.07 Å². The number of hydrogen-bond donors (Lipinski definition) is 1. The quantitative estimate of drug-likeness (QED) is 0.900. The summed E-state index contributed by atoms with van der Waals surface area (Å²) in [4.78, 5) is 2.07. The number of β-amino-alcohol motifs (C(OH)–C–C–N with tert-alkyl or cyclic N) is 1. The van der Waals surface area contributed by atoms with E-state index in [0.29, 0.717) is 19.6 Å². The standard InChI is InChI=1S/C13H17ClFNO/c1-9(2)13(17)7-16(8-13)6-10-4-3-5-11(15)12(10)14/h3-5,9,17H,6-8H2,1-2H3. The van der Waals surface area contributed by atoms with Gasteiger partial charge in [-0.1, -0.05) is 37.6 Å². The first-order valence-corrected chi connectivity index (χ1v) is 6.18. The molecule has 0 spiro atoms. The Labute approximate surface area is 106 Å². The van der Waals surface area contributed by atoms with Crippen molar-refractivity contribution in [3.8, 4) is 0 Å². The van der Waals surface area contributed by atoms with Crippen LogP contribution in [-0.2, 0) is 6.54 Å². The molecule has 0 unspecified atom stereocenters. The minimum Gasteiger partial charge on any atom is -0.387 e. The highest BCUT2D eigenvalue weighted by atomic mass is 35.5. The van der Waals surface area contributed by atoms with Gasteiger partial charge in [-0.3, -0.25) is 4.90 Å². The third kappa shape index (κ3) is 2.46. The highest BCUT2D eigenvalue weighted by molar-refractivity contribution is 6.31. The minimum absolute atomic E-state index is 0.187. The van der Waals surface area contributed by atoms with Crippen LogP contribution in [0, 0.1) is 11.7 Å². The maximum absolute atomic E-state index is 13.2. The van der Waals surface area contributed by atoms with Crippen molar-refractivity contribution in [2.45, 2.75) is 26.0 Å². The fourth-order valence-corrected chi connectivity index (χ4v) is 2.30. The molecule has 1 saturated heterocycles. The molecule has 94 valence electrons. The summed E-state index contributed by atoms with van der Waals surface area (Å²) >= 11 is 5.89. The molecule has 1 aliphatic rings. The number of benzene rings is 1. The van der Waals surface area contributed by atoms with Gasteiger partial charge in [0, 0.05) is 19.6 Å². The topological polar surface area (TPSA) is 23.5 Å². The second-order valence-corrected chi connectivity index (χ2v) is 5.49. The first kappa shape index (κ1) is 12.8. The van der Waals surface area contributed by atoms with Crippen molar-refractivity contribution in [3.63, 3.8) is 0 Å². The van der Waals surface area contributed by atoms with E-state index in [4.69, 9.17) is 11.6 Å². The Morgan fingerprint density at radius 3 is 2.71 bits per heavy atom. The van der Waals surface area contributed by atoms with Gasteiger partial charge in [-0.15, -0.1) is 0 Å². The van der Waals surface area contributed by atoms with Crippen molar-refractivity contribution in [2.75, 3.05) is 13.1 Å². The predicted octanol–water partition coefficient (Wildman–Crippen LogP) is 2.68. The van der Waals surface area contributed by atoms with Crippen LogP contribution in [0.2, 0.25) is 5.02 Å². The average molecular weight is 258 g/mol. The molecule has 1 fully saturated rings. The molecule has 2 nitrogen and oxygen atoms in total. The van der Waals surface area contributed by atoms with Crippen LogP contribution in [0.4, 0.5) is 4.39 Å². The van der Waals surface area contributed by atoms with Crippen LogP contribution >= 0.6 is 11.6 Å². The minimum atomic E-state index is -0.597. The van der Waals surface area contributed by atoms with Crippen LogP contribution in [0.1, 0.15) is 19.4 Å². The molecule has 0 bridgehead atoms. The molecule has 0 saturated carbocycles. The van der Waals surface area contributed by atoms with E-state index < -0.39 is 5.60 Å². The van der Waals surface area contributed by atoms with Crippen LogP contribution < -0.4 is 0 Å². The molecule has 0 amide bonds. The van der Waals surface area contributed by atoms with Crippen LogP contribution in [0.5, 0.6) is 0 Å². The van der Waals surface area contributed by atoms with Gasteiger partial charge in [0.1, 0.15) is 5.82 Å². The van der Waals surface area contributed by atoms with E-state index in [0.717, 1.165) is 5.56 Å². The monoisotopic (exact) mass is 257 g/mol. The third-order valence-corrected chi connectivity index (χ3v) is 3.92. The van der Waals surface area contributed by atoms with Crippen LogP contribution in [0.3, 0.4) is 0 Å². The van der Waals surface area contributed by atoms with Gasteiger partial charge in [0.05, 0.1) is 10.6 Å². The summed E-state index contributed by atoms with van der Waals surface area (Å²) in [6, 6.07) is 4.83. The number of nitrogens with zero attached hydrogens (tertiary/aromatic N) is 1. The van der Waals surface area contributed by atoms with Crippen molar-refractivity contribution in [1.82, 2.24) is 4.90 Å². The Hall–Kier alpha value is -0.640. The van der Waals surface area contributed by atoms with Gasteiger partial charge in [-0.05, 0) is 17.5 Å². The van der Waals surface area contributed by atoms with Gasteiger partial charge >= 0.3 is 0 Å². The molecule has 0 aliphatic carbocycles. The Kier molecular flexibility index (Phi) is 3.43. The molecule has 0 aromatic heterocycles. The molecule has 1 aromatic rings. The number of likely N-dealkylation sites (tertiary alicyclic amines) is 1. The fraction of sp³-hybridized carbons (Fsp3) is 0.538. The zero-order chi connectivity index (χ0) is 12.6. The molecular formula is C13H17ClFNO. The van der Waals surface area contributed by atoms with Crippen LogP contribution in [0.15, 0.2) is 18.2 Å². The fourth-order valence-electron chi connectivity index (χ4n) is 2.12. The molecule has 1 N–H and O–H groups in total. The number of hydrogen-bond acceptors (Lipinski definition) is 2. The van der Waals surface area contributed by atoms with Crippen molar-refractivity contribution in [1.29, 1.82) is 0 Å². The van der Waals surface area contributed by atoms with Crippen LogP contribution in [0.25, 0.3) is 0 Å². The zero-order valence-electron chi connectivity index (χ0n) is 10.1. The molecule has 1 aromatic carbocycles. The summed E-state index contributed by atoms with van der Waals surface area (Å²) in [6.07, 6.45) is 0. The molecule has 0 radical (unpaired) electrons. The van der Waals surface area contributed by atoms with E-state index in [1.54, 1.807) is 6.07 Å². The smallest absolute Gasteiger partial charge is 0.142 e. The Bertz CT molecular complexity index is 416. The lowest BCUT2D eigenvalue weighted by atomic mass is 9.83. The van der Waals surface area contributed by atoms with Crippen molar-refractivity contribution < 1.29 is 9.50 Å². The lowest BCUT2D eigenvalue weighted by molar-refractivity contribution is -0.130. The van der Waals surface area contributed by atoms with Gasteiger partial charge in [-0.25, -0.2) is 4.39 Å². The van der Waals surface area contributed by atoms with Crippen molar-refractivity contribution in [2.24, 2.45) is 5.92 Å². The summed E-state index contributed by atoms with van der Waals surface area (Å²) in [5.74, 6) is -0.148. The van der Waals surface area contributed by atoms with Gasteiger partial charge in [0.15, 0.2) is 0 Å². The molecular weight excluding hydrogens is 241 g/mol. The predicted molar refractivity (Wildman–Crippen MR) is 66.5 cm³/mol. The Morgan fingerprint density at radius 1 is 1.47 bits per heavy atom. The van der Waals surface area contributed by atoms with Crippen molar-refractivity contribution >= 4 is 11.6 Å². The SMILES string of the molecule is CC(C)C1(O)CN(Cc2cccc(F)c2Cl)C1. The first-order chi connectivity index (χ1) is 7.92. The maximum atomic E-state index is 13.2. The highest BCUT2D eigenvalue weighted by Crippen LogP contribution is 2.31. The lowest BCUT2D eigenvalue weighted by Crippen LogP contribution is -2.63. The van der Waals surface area contributed by atoms with E-state index in [2.05, 4.69) is 4.90 Å². The summed E-state index contributed by atoms with van der Waals surface area (Å²) in [5.41, 5.74) is 0.178. The Morgan fingerprint density at radius 2 is 2.12 bits per heavy atom. The number of aliphatic hydroxyl groups is 1. The van der Waals surface area contributed by atoms with E-state index >= 15 is 0 Å². The second kappa shape index (κ2) is 4.56. The lowest BCUT2D eigenvalue weighted by Gasteiger charge is -2.49. The molecule has 1 heterocycles. The molecule has 1 aliphatic heterocycles. The van der Waals surface area contributed by atoms with Crippen LogP contribution in [-0.4, -0.2) is 28.7 Å². The molecule has 4 heteroatoms. The van der Waals surface area contributed by atoms with Crippen molar-refractivity contribution in [3.05, 3.63) is 34.6 Å². The average Bonchev–Trinajstić information content (AvgIpc) is 2.22.